The third kappa shape index (κ3) is 3.30. The predicted octanol–water partition coefficient (Wildman–Crippen LogP) is 0.763. The number of nitrogens with one attached hydrogen (secondary N) is 1. The van der Waals surface area contributed by atoms with Gasteiger partial charge in [0.25, 0.3) is 5.69 Å². The van der Waals surface area contributed by atoms with E-state index in [9.17, 15) is 19.7 Å². The van der Waals surface area contributed by atoms with E-state index in [4.69, 9.17) is 5.11 Å². The number of carboxylic acid groups (broad SMARTS) is 1. The molecule has 0 radical (unpaired) electrons. The number of nitrogens with zero attached hydrogens (tertiary/aromatic N) is 2. The highest BCUT2D eigenvalue weighted by Crippen LogP contribution is 2.19. The number of aromatic nitrogens is 1. The first-order valence-electron chi connectivity index (χ1n) is 5.84. The Morgan fingerprint density at radius 2 is 2.21 bits per heavy atom. The molecule has 0 aromatic carbocycles. The third-order valence-electron chi connectivity index (χ3n) is 2.83. The molecule has 0 atom stereocenters. The lowest BCUT2D eigenvalue weighted by atomic mass is 10.3. The number of carbonyl (C=O) groups excluding carboxylic acids is 1. The molecule has 8 nitrogen and oxygen atoms in total. The van der Waals surface area contributed by atoms with Crippen LogP contribution in [0.25, 0.3) is 0 Å². The zero-order chi connectivity index (χ0) is 14.0. The average Bonchev–Trinajstić information content (AvgIpc) is 3.02. The Morgan fingerprint density at radius 3 is 2.74 bits per heavy atom. The van der Waals surface area contributed by atoms with Crippen LogP contribution in [0.4, 0.5) is 5.69 Å². The molecule has 1 aromatic heterocycles. The number of nitro groups is 1. The molecular formula is C11H13N3O5. The molecule has 102 valence electrons. The van der Waals surface area contributed by atoms with Crippen molar-refractivity contribution in [2.24, 2.45) is 0 Å². The first-order chi connectivity index (χ1) is 8.97. The molecule has 1 aromatic rings. The fourth-order valence-electron chi connectivity index (χ4n) is 1.71. The van der Waals surface area contributed by atoms with Gasteiger partial charge in [0, 0.05) is 25.1 Å². The number of aryl methyl sites for hydroxylation is 1. The van der Waals surface area contributed by atoms with Crippen LogP contribution >= 0.6 is 0 Å². The molecule has 19 heavy (non-hydrogen) atoms. The Morgan fingerprint density at radius 1 is 1.53 bits per heavy atom. The van der Waals surface area contributed by atoms with E-state index in [0.29, 0.717) is 0 Å². The Hall–Kier alpha value is -2.38. The topological polar surface area (TPSA) is 114 Å². The minimum absolute atomic E-state index is 0.0998. The molecule has 1 saturated carbocycles. The lowest BCUT2D eigenvalue weighted by molar-refractivity contribution is -0.384. The van der Waals surface area contributed by atoms with Crippen LogP contribution in [-0.2, 0) is 11.3 Å². The standard InChI is InChI=1S/C11H13N3O5/c15-10(12-7-1-2-7)3-4-13-6-8(14(18)19)5-9(13)11(16)17/h5-7H,1-4H2,(H,12,15)(H,16,17). The van der Waals surface area contributed by atoms with Gasteiger partial charge in [-0.1, -0.05) is 0 Å². The monoisotopic (exact) mass is 267 g/mol. The van der Waals surface area contributed by atoms with Gasteiger partial charge in [-0.3, -0.25) is 14.9 Å². The number of hydrogen-bond acceptors (Lipinski definition) is 4. The molecule has 8 heteroatoms. The van der Waals surface area contributed by atoms with Crippen molar-refractivity contribution in [2.45, 2.75) is 31.8 Å². The molecule has 1 heterocycles. The fourth-order valence-corrected chi connectivity index (χ4v) is 1.71. The largest absolute Gasteiger partial charge is 0.477 e. The number of carbonyl (C=O) groups is 2. The summed E-state index contributed by atoms with van der Waals surface area (Å²) in [5.41, 5.74) is -0.481. The quantitative estimate of drug-likeness (QED) is 0.583. The number of amides is 1. The van der Waals surface area contributed by atoms with Crippen molar-refractivity contribution in [1.29, 1.82) is 0 Å². The highest BCUT2D eigenvalue weighted by molar-refractivity contribution is 5.87. The van der Waals surface area contributed by atoms with Gasteiger partial charge >= 0.3 is 5.97 Å². The maximum atomic E-state index is 11.5. The molecule has 1 aliphatic rings. The Labute approximate surface area is 108 Å². The van der Waals surface area contributed by atoms with Crippen molar-refractivity contribution in [3.63, 3.8) is 0 Å². The van der Waals surface area contributed by atoms with Crippen LogP contribution < -0.4 is 5.32 Å². The lowest BCUT2D eigenvalue weighted by Gasteiger charge is -2.06. The van der Waals surface area contributed by atoms with Gasteiger partial charge in [-0.05, 0) is 12.8 Å². The van der Waals surface area contributed by atoms with E-state index in [-0.39, 0.29) is 36.3 Å². The molecule has 2 rings (SSSR count). The average molecular weight is 267 g/mol. The summed E-state index contributed by atoms with van der Waals surface area (Å²) in [6.07, 6.45) is 3.18. The number of rotatable bonds is 6. The molecule has 2 N–H and O–H groups in total. The normalized spacial score (nSPS) is 14.1. The highest BCUT2D eigenvalue weighted by atomic mass is 16.6. The van der Waals surface area contributed by atoms with Crippen molar-refractivity contribution in [1.82, 2.24) is 9.88 Å². The summed E-state index contributed by atoms with van der Waals surface area (Å²) in [7, 11) is 0. The van der Waals surface area contributed by atoms with Crippen molar-refractivity contribution in [3.05, 3.63) is 28.1 Å². The van der Waals surface area contributed by atoms with Crippen LogP contribution in [-0.4, -0.2) is 32.5 Å². The van der Waals surface area contributed by atoms with E-state index in [2.05, 4.69) is 5.32 Å². The van der Waals surface area contributed by atoms with Crippen molar-refractivity contribution < 1.29 is 19.6 Å². The van der Waals surface area contributed by atoms with Crippen LogP contribution in [0, 0.1) is 10.1 Å². The Balaban J connectivity index is 2.02. The maximum absolute atomic E-state index is 11.5. The van der Waals surface area contributed by atoms with Crippen LogP contribution in [0.15, 0.2) is 12.3 Å². The van der Waals surface area contributed by atoms with E-state index in [1.54, 1.807) is 0 Å². The maximum Gasteiger partial charge on any atom is 0.352 e. The van der Waals surface area contributed by atoms with Gasteiger partial charge in [0.05, 0.1) is 11.1 Å². The molecular weight excluding hydrogens is 254 g/mol. The summed E-state index contributed by atoms with van der Waals surface area (Å²) in [6, 6.07) is 1.23. The second kappa shape index (κ2) is 5.09. The summed E-state index contributed by atoms with van der Waals surface area (Å²) in [5, 5.41) is 22.3. The molecule has 0 bridgehead atoms. The number of carboxylic acids is 1. The second-order valence-electron chi connectivity index (χ2n) is 4.43. The van der Waals surface area contributed by atoms with Gasteiger partial charge in [-0.15, -0.1) is 0 Å². The van der Waals surface area contributed by atoms with Gasteiger partial charge in [0.15, 0.2) is 0 Å². The van der Waals surface area contributed by atoms with Crippen LogP contribution in [0.2, 0.25) is 0 Å². The molecule has 0 aliphatic heterocycles. The van der Waals surface area contributed by atoms with Gasteiger partial charge in [0.1, 0.15) is 5.69 Å². The molecule has 1 aliphatic carbocycles. The van der Waals surface area contributed by atoms with E-state index in [0.717, 1.165) is 25.1 Å². The van der Waals surface area contributed by atoms with Crippen molar-refractivity contribution in [2.75, 3.05) is 0 Å². The van der Waals surface area contributed by atoms with E-state index >= 15 is 0 Å². The smallest absolute Gasteiger partial charge is 0.352 e. The van der Waals surface area contributed by atoms with Crippen LogP contribution in [0.5, 0.6) is 0 Å². The summed E-state index contributed by atoms with van der Waals surface area (Å²) in [4.78, 5) is 32.4. The minimum Gasteiger partial charge on any atom is -0.477 e. The van der Waals surface area contributed by atoms with Crippen molar-refractivity contribution in [3.8, 4) is 0 Å². The van der Waals surface area contributed by atoms with Gasteiger partial charge < -0.3 is 15.0 Å². The Kier molecular flexibility index (Phi) is 3.50. The van der Waals surface area contributed by atoms with Gasteiger partial charge in [-0.25, -0.2) is 4.79 Å². The molecule has 0 spiro atoms. The fraction of sp³-hybridized carbons (Fsp3) is 0.455. The third-order valence-corrected chi connectivity index (χ3v) is 2.83. The SMILES string of the molecule is O=C(CCn1cc([N+](=O)[O-])cc1C(=O)O)NC1CC1. The molecule has 1 amide bonds. The van der Waals surface area contributed by atoms with E-state index in [1.807, 2.05) is 0 Å². The van der Waals surface area contributed by atoms with E-state index < -0.39 is 10.9 Å². The first kappa shape index (κ1) is 13.1. The van der Waals surface area contributed by atoms with E-state index in [1.165, 1.54) is 4.57 Å². The van der Waals surface area contributed by atoms with Crippen molar-refractivity contribution >= 4 is 17.6 Å². The number of hydrogen-bond donors (Lipinski definition) is 2. The van der Waals surface area contributed by atoms with Crippen LogP contribution in [0.3, 0.4) is 0 Å². The summed E-state index contributed by atoms with van der Waals surface area (Å²) >= 11 is 0. The zero-order valence-corrected chi connectivity index (χ0v) is 10.0. The predicted molar refractivity (Wildman–Crippen MR) is 63.8 cm³/mol. The molecule has 0 saturated heterocycles. The number of aromatic carboxylic acids is 1. The molecule has 0 unspecified atom stereocenters. The summed E-state index contributed by atoms with van der Waals surface area (Å²) < 4.78 is 1.22. The van der Waals surface area contributed by atoms with Gasteiger partial charge in [-0.2, -0.15) is 0 Å². The minimum atomic E-state index is -1.25. The summed E-state index contributed by atoms with van der Waals surface area (Å²) in [6.45, 7) is 0.105. The van der Waals surface area contributed by atoms with Gasteiger partial charge in [0.2, 0.25) is 5.91 Å². The summed E-state index contributed by atoms with van der Waals surface area (Å²) in [5.74, 6) is -1.43. The lowest BCUT2D eigenvalue weighted by Crippen LogP contribution is -2.26. The second-order valence-corrected chi connectivity index (χ2v) is 4.43. The Bertz CT molecular complexity index is 532. The first-order valence-corrected chi connectivity index (χ1v) is 5.84. The zero-order valence-electron chi connectivity index (χ0n) is 10.0. The van der Waals surface area contributed by atoms with Crippen LogP contribution in [0.1, 0.15) is 29.8 Å². The molecule has 1 fully saturated rings. The highest BCUT2D eigenvalue weighted by Gasteiger charge is 2.24.